The van der Waals surface area contributed by atoms with Crippen molar-refractivity contribution in [2.45, 2.75) is 35.4 Å². The normalized spacial score (nSPS) is 18.1. The summed E-state index contributed by atoms with van der Waals surface area (Å²) in [5.74, 6) is -0.661. The third-order valence-corrected chi connectivity index (χ3v) is 9.25. The Hall–Kier alpha value is -3.23. The van der Waals surface area contributed by atoms with E-state index in [-0.39, 0.29) is 28.8 Å². The van der Waals surface area contributed by atoms with E-state index in [0.29, 0.717) is 34.9 Å². The molecule has 0 saturated heterocycles. The molecule has 1 aliphatic rings. The molecule has 236 valence electrons. The minimum absolute atomic E-state index is 0.00622. The first-order valence-corrected chi connectivity index (χ1v) is 16.2. The minimum atomic E-state index is -3.87. The van der Waals surface area contributed by atoms with E-state index in [0.717, 1.165) is 0 Å². The topological polar surface area (TPSA) is 167 Å². The molecule has 2 atom stereocenters. The number of aliphatic imine (C=N–C) groups is 1. The standard InChI is InChI=1S/C30H33Cl2N3O8S/c31-21-9-12-25(26(32)17-21)27-30(29(39)35-34-22(18-37)19-38,13-16-44(40,41)24-5-2-1-3-6-24)33-28(43-27)20-7-10-23(11-8-20)42-15-4-14-36/h1-3,5-12,17,22,27,34,36-38H,4,13-16,18-19H2,(H,35,39)/t27-,30-/m0/s1. The Morgan fingerprint density at radius 1 is 1.02 bits per heavy atom. The lowest BCUT2D eigenvalue weighted by Gasteiger charge is -2.31. The number of aliphatic hydroxyl groups is 3. The van der Waals surface area contributed by atoms with E-state index in [1.54, 1.807) is 54.6 Å². The van der Waals surface area contributed by atoms with Gasteiger partial charge in [0.15, 0.2) is 21.5 Å². The van der Waals surface area contributed by atoms with Gasteiger partial charge < -0.3 is 24.8 Å². The number of hydrogen-bond donors (Lipinski definition) is 5. The third kappa shape index (κ3) is 7.88. The molecule has 3 aromatic rings. The fraction of sp³-hybridized carbons (Fsp3) is 0.333. The molecule has 4 rings (SSSR count). The molecule has 1 aliphatic heterocycles. The van der Waals surface area contributed by atoms with Gasteiger partial charge in [0.05, 0.1) is 36.5 Å². The zero-order valence-electron chi connectivity index (χ0n) is 23.5. The largest absolute Gasteiger partial charge is 0.494 e. The second kappa shape index (κ2) is 15.2. The fourth-order valence-electron chi connectivity index (χ4n) is 4.52. The van der Waals surface area contributed by atoms with Gasteiger partial charge in [-0.2, -0.15) is 0 Å². The molecule has 1 heterocycles. The highest BCUT2D eigenvalue weighted by Gasteiger charge is 2.54. The highest BCUT2D eigenvalue weighted by atomic mass is 35.5. The smallest absolute Gasteiger partial charge is 0.266 e. The lowest BCUT2D eigenvalue weighted by molar-refractivity contribution is -0.130. The molecule has 0 fully saturated rings. The van der Waals surface area contributed by atoms with Crippen molar-refractivity contribution in [3.63, 3.8) is 0 Å². The number of carbonyl (C=O) groups is 1. The number of nitrogens with one attached hydrogen (secondary N) is 2. The number of ether oxygens (including phenoxy) is 2. The molecule has 5 N–H and O–H groups in total. The molecule has 0 bridgehead atoms. The van der Waals surface area contributed by atoms with Crippen LogP contribution in [0.5, 0.6) is 5.75 Å². The fourth-order valence-corrected chi connectivity index (χ4v) is 6.42. The van der Waals surface area contributed by atoms with Gasteiger partial charge in [0.2, 0.25) is 5.90 Å². The van der Waals surface area contributed by atoms with E-state index in [4.69, 9.17) is 42.8 Å². The quantitative estimate of drug-likeness (QED) is 0.121. The van der Waals surface area contributed by atoms with Crippen LogP contribution in [-0.4, -0.2) is 79.3 Å². The summed E-state index contributed by atoms with van der Waals surface area (Å²) in [6.45, 7) is -0.667. The van der Waals surface area contributed by atoms with Gasteiger partial charge in [-0.25, -0.2) is 18.8 Å². The van der Waals surface area contributed by atoms with Crippen LogP contribution in [0.1, 0.15) is 30.1 Å². The van der Waals surface area contributed by atoms with E-state index >= 15 is 0 Å². The van der Waals surface area contributed by atoms with Crippen molar-refractivity contribution in [2.24, 2.45) is 4.99 Å². The van der Waals surface area contributed by atoms with Crippen LogP contribution >= 0.6 is 23.2 Å². The summed E-state index contributed by atoms with van der Waals surface area (Å²) in [6.07, 6.45) is -1.06. The van der Waals surface area contributed by atoms with Crippen molar-refractivity contribution in [2.75, 3.05) is 32.2 Å². The zero-order chi connectivity index (χ0) is 31.7. The van der Waals surface area contributed by atoms with Gasteiger partial charge in [-0.05, 0) is 48.5 Å². The van der Waals surface area contributed by atoms with Gasteiger partial charge in [-0.1, -0.05) is 47.5 Å². The van der Waals surface area contributed by atoms with Crippen LogP contribution in [0, 0.1) is 0 Å². The first kappa shape index (κ1) is 33.7. The summed E-state index contributed by atoms with van der Waals surface area (Å²) < 4.78 is 38.7. The van der Waals surface area contributed by atoms with Crippen molar-refractivity contribution >= 4 is 44.8 Å². The molecule has 14 heteroatoms. The average molecular weight is 667 g/mol. The predicted molar refractivity (Wildman–Crippen MR) is 166 cm³/mol. The molecule has 3 aromatic carbocycles. The van der Waals surface area contributed by atoms with Crippen LogP contribution in [0.4, 0.5) is 0 Å². The van der Waals surface area contributed by atoms with E-state index in [9.17, 15) is 23.4 Å². The van der Waals surface area contributed by atoms with Crippen molar-refractivity contribution in [3.05, 3.63) is 94.0 Å². The molecular weight excluding hydrogens is 633 g/mol. The summed E-state index contributed by atoms with van der Waals surface area (Å²) >= 11 is 12.7. The lowest BCUT2D eigenvalue weighted by atomic mass is 9.85. The highest BCUT2D eigenvalue weighted by Crippen LogP contribution is 2.45. The maximum absolute atomic E-state index is 14.1. The summed E-state index contributed by atoms with van der Waals surface area (Å²) in [5, 5.41) is 28.6. The number of carbonyl (C=O) groups excluding carboxylic acids is 1. The number of rotatable bonds is 15. The van der Waals surface area contributed by atoms with Gasteiger partial charge in [0.25, 0.3) is 5.91 Å². The van der Waals surface area contributed by atoms with E-state index in [1.807, 2.05) is 0 Å². The lowest BCUT2D eigenvalue weighted by Crippen LogP contribution is -2.56. The molecule has 0 radical (unpaired) electrons. The van der Waals surface area contributed by atoms with Gasteiger partial charge >= 0.3 is 0 Å². The zero-order valence-corrected chi connectivity index (χ0v) is 25.9. The Kier molecular flexibility index (Phi) is 11.6. The van der Waals surface area contributed by atoms with Crippen molar-refractivity contribution in [1.82, 2.24) is 10.9 Å². The molecule has 0 aromatic heterocycles. The number of amides is 1. The molecule has 0 aliphatic carbocycles. The summed E-state index contributed by atoms with van der Waals surface area (Å²) in [4.78, 5) is 18.9. The Labute approximate surface area is 265 Å². The Bertz CT molecular complexity index is 1550. The SMILES string of the molecule is O=C(NNC(CO)CO)[C@@]1(CCS(=O)(=O)c2ccccc2)N=C(c2ccc(OCCCO)cc2)O[C@H]1c1ccc(Cl)cc1Cl. The monoisotopic (exact) mass is 665 g/mol. The van der Waals surface area contributed by atoms with E-state index in [1.165, 1.54) is 18.2 Å². The summed E-state index contributed by atoms with van der Waals surface area (Å²) in [7, 11) is -3.87. The molecular formula is C30H33Cl2N3O8S. The van der Waals surface area contributed by atoms with Crippen LogP contribution in [0.2, 0.25) is 10.0 Å². The molecule has 0 saturated carbocycles. The van der Waals surface area contributed by atoms with Crippen LogP contribution < -0.4 is 15.6 Å². The molecule has 0 spiro atoms. The first-order chi connectivity index (χ1) is 21.1. The number of hydrazine groups is 1. The molecule has 44 heavy (non-hydrogen) atoms. The number of sulfone groups is 1. The summed E-state index contributed by atoms with van der Waals surface area (Å²) in [6, 6.07) is 18.3. The van der Waals surface area contributed by atoms with Gasteiger partial charge in [-0.3, -0.25) is 10.2 Å². The van der Waals surface area contributed by atoms with Crippen molar-refractivity contribution in [3.8, 4) is 5.75 Å². The molecule has 11 nitrogen and oxygen atoms in total. The van der Waals surface area contributed by atoms with Gasteiger partial charge in [0.1, 0.15) is 5.75 Å². The maximum Gasteiger partial charge on any atom is 0.266 e. The minimum Gasteiger partial charge on any atom is -0.494 e. The van der Waals surface area contributed by atoms with Crippen LogP contribution in [0.15, 0.2) is 82.7 Å². The number of hydrogen-bond acceptors (Lipinski definition) is 10. The third-order valence-electron chi connectivity index (χ3n) is 6.96. The van der Waals surface area contributed by atoms with Crippen molar-refractivity contribution < 1.29 is 38.0 Å². The van der Waals surface area contributed by atoms with Crippen molar-refractivity contribution in [1.29, 1.82) is 0 Å². The number of aliphatic hydroxyl groups excluding tert-OH is 3. The van der Waals surface area contributed by atoms with E-state index in [2.05, 4.69) is 10.9 Å². The predicted octanol–water partition coefficient (Wildman–Crippen LogP) is 2.85. The molecule has 1 amide bonds. The van der Waals surface area contributed by atoms with Crippen LogP contribution in [0.25, 0.3) is 0 Å². The Morgan fingerprint density at radius 2 is 1.73 bits per heavy atom. The Morgan fingerprint density at radius 3 is 2.36 bits per heavy atom. The number of halogens is 2. The first-order valence-electron chi connectivity index (χ1n) is 13.7. The number of nitrogens with zero attached hydrogens (tertiary/aromatic N) is 1. The Balaban J connectivity index is 1.79. The van der Waals surface area contributed by atoms with Gasteiger partial charge in [-0.15, -0.1) is 0 Å². The van der Waals surface area contributed by atoms with Crippen LogP contribution in [-0.2, 0) is 19.4 Å². The molecule has 0 unspecified atom stereocenters. The second-order valence-electron chi connectivity index (χ2n) is 10.00. The summed E-state index contributed by atoms with van der Waals surface area (Å²) in [5.41, 5.74) is 3.99. The number of benzene rings is 3. The average Bonchev–Trinajstić information content (AvgIpc) is 3.42. The van der Waals surface area contributed by atoms with Crippen LogP contribution in [0.3, 0.4) is 0 Å². The second-order valence-corrected chi connectivity index (χ2v) is 13.0. The van der Waals surface area contributed by atoms with E-state index < -0.39 is 52.4 Å². The highest BCUT2D eigenvalue weighted by molar-refractivity contribution is 7.91. The maximum atomic E-state index is 14.1. The van der Waals surface area contributed by atoms with Gasteiger partial charge in [0, 0.05) is 40.6 Å².